The van der Waals surface area contributed by atoms with E-state index in [2.05, 4.69) is 0 Å². The third-order valence-corrected chi connectivity index (χ3v) is 2.39. The van der Waals surface area contributed by atoms with E-state index in [1.165, 1.54) is 5.56 Å². The van der Waals surface area contributed by atoms with Crippen LogP contribution in [-0.2, 0) is 6.42 Å². The van der Waals surface area contributed by atoms with Crippen LogP contribution in [0.15, 0.2) is 18.2 Å². The fraction of sp³-hybridized carbons (Fsp3) is 0.500. The molecule has 0 aliphatic rings. The Kier molecular flexibility index (Phi) is 4.59. The highest BCUT2D eigenvalue weighted by Gasteiger charge is 2.06. The highest BCUT2D eigenvalue weighted by molar-refractivity contribution is 5.36. The monoisotopic (exact) mass is 210 g/mol. The van der Waals surface area contributed by atoms with Crippen molar-refractivity contribution in [3.63, 3.8) is 0 Å². The van der Waals surface area contributed by atoms with Crippen molar-refractivity contribution in [1.82, 2.24) is 0 Å². The van der Waals surface area contributed by atoms with Crippen LogP contribution in [0.1, 0.15) is 17.5 Å². The first kappa shape index (κ1) is 12.0. The van der Waals surface area contributed by atoms with E-state index in [-0.39, 0.29) is 6.61 Å². The fourth-order valence-electron chi connectivity index (χ4n) is 1.52. The molecule has 2 N–H and O–H groups in total. The Hall–Kier alpha value is -1.06. The minimum Gasteiger partial charge on any atom is -0.496 e. The van der Waals surface area contributed by atoms with Gasteiger partial charge in [0.2, 0.25) is 0 Å². The average molecular weight is 210 g/mol. The summed E-state index contributed by atoms with van der Waals surface area (Å²) in [7, 11) is 1.64. The van der Waals surface area contributed by atoms with Crippen molar-refractivity contribution in [2.45, 2.75) is 25.9 Å². The molecular formula is C12H18O3. The zero-order valence-corrected chi connectivity index (χ0v) is 9.23. The molecule has 84 valence electrons. The van der Waals surface area contributed by atoms with Gasteiger partial charge in [-0.3, -0.25) is 0 Å². The maximum atomic E-state index is 9.26. The van der Waals surface area contributed by atoms with Gasteiger partial charge in [0.1, 0.15) is 5.75 Å². The van der Waals surface area contributed by atoms with Gasteiger partial charge in [-0.1, -0.05) is 17.7 Å². The van der Waals surface area contributed by atoms with E-state index in [9.17, 15) is 5.11 Å². The molecule has 1 aromatic carbocycles. The van der Waals surface area contributed by atoms with Gasteiger partial charge >= 0.3 is 0 Å². The first-order chi connectivity index (χ1) is 7.17. The lowest BCUT2D eigenvalue weighted by Crippen LogP contribution is -2.12. The van der Waals surface area contributed by atoms with Crippen molar-refractivity contribution in [3.05, 3.63) is 29.3 Å². The van der Waals surface area contributed by atoms with Crippen LogP contribution in [0.5, 0.6) is 5.75 Å². The summed E-state index contributed by atoms with van der Waals surface area (Å²) in [5, 5.41) is 18.0. The van der Waals surface area contributed by atoms with E-state index in [0.717, 1.165) is 11.3 Å². The van der Waals surface area contributed by atoms with Crippen molar-refractivity contribution >= 4 is 0 Å². The zero-order valence-electron chi connectivity index (χ0n) is 9.23. The molecule has 1 atom stereocenters. The molecule has 0 aliphatic heterocycles. The first-order valence-corrected chi connectivity index (χ1v) is 5.09. The molecule has 15 heavy (non-hydrogen) atoms. The Morgan fingerprint density at radius 2 is 2.13 bits per heavy atom. The smallest absolute Gasteiger partial charge is 0.122 e. The standard InChI is InChI=1S/C12H18O3/c1-9-3-6-12(15-2)10(7-9)4-5-11(14)8-13/h3,6-7,11,13-14H,4-5,8H2,1-2H3. The molecule has 0 saturated carbocycles. The van der Waals surface area contributed by atoms with Crippen LogP contribution in [0.2, 0.25) is 0 Å². The molecule has 1 unspecified atom stereocenters. The van der Waals surface area contributed by atoms with Crippen LogP contribution in [-0.4, -0.2) is 30.0 Å². The van der Waals surface area contributed by atoms with Crippen LogP contribution in [0.4, 0.5) is 0 Å². The summed E-state index contributed by atoms with van der Waals surface area (Å²) in [5.41, 5.74) is 2.24. The number of rotatable bonds is 5. The second kappa shape index (κ2) is 5.73. The molecular weight excluding hydrogens is 192 g/mol. The topological polar surface area (TPSA) is 49.7 Å². The van der Waals surface area contributed by atoms with Gasteiger partial charge in [-0.05, 0) is 31.4 Å². The number of aliphatic hydroxyl groups is 2. The number of hydrogen-bond acceptors (Lipinski definition) is 3. The van der Waals surface area contributed by atoms with Crippen molar-refractivity contribution in [1.29, 1.82) is 0 Å². The Labute approximate surface area is 90.3 Å². The highest BCUT2D eigenvalue weighted by atomic mass is 16.5. The average Bonchev–Trinajstić information content (AvgIpc) is 2.26. The highest BCUT2D eigenvalue weighted by Crippen LogP contribution is 2.21. The lowest BCUT2D eigenvalue weighted by Gasteiger charge is -2.11. The number of methoxy groups -OCH3 is 1. The Bertz CT molecular complexity index is 310. The Balaban J connectivity index is 2.69. The Morgan fingerprint density at radius 1 is 1.40 bits per heavy atom. The normalized spacial score (nSPS) is 12.5. The van der Waals surface area contributed by atoms with E-state index in [1.807, 2.05) is 25.1 Å². The predicted molar refractivity (Wildman–Crippen MR) is 59.1 cm³/mol. The van der Waals surface area contributed by atoms with E-state index in [1.54, 1.807) is 7.11 Å². The maximum Gasteiger partial charge on any atom is 0.122 e. The second-order valence-electron chi connectivity index (χ2n) is 3.69. The van der Waals surface area contributed by atoms with Gasteiger partial charge in [-0.25, -0.2) is 0 Å². The number of ether oxygens (including phenoxy) is 1. The van der Waals surface area contributed by atoms with Gasteiger partial charge in [-0.2, -0.15) is 0 Å². The first-order valence-electron chi connectivity index (χ1n) is 5.09. The zero-order chi connectivity index (χ0) is 11.3. The van der Waals surface area contributed by atoms with Crippen LogP contribution in [0.3, 0.4) is 0 Å². The van der Waals surface area contributed by atoms with Crippen molar-refractivity contribution < 1.29 is 14.9 Å². The maximum absolute atomic E-state index is 9.26. The van der Waals surface area contributed by atoms with Crippen molar-refractivity contribution in [2.75, 3.05) is 13.7 Å². The lowest BCUT2D eigenvalue weighted by molar-refractivity contribution is 0.0884. The second-order valence-corrected chi connectivity index (χ2v) is 3.69. The largest absolute Gasteiger partial charge is 0.496 e. The van der Waals surface area contributed by atoms with Crippen LogP contribution in [0, 0.1) is 6.92 Å². The number of benzene rings is 1. The summed E-state index contributed by atoms with van der Waals surface area (Å²) in [6.07, 6.45) is 0.623. The summed E-state index contributed by atoms with van der Waals surface area (Å²) in [5.74, 6) is 0.839. The van der Waals surface area contributed by atoms with Gasteiger partial charge in [0.05, 0.1) is 19.8 Å². The molecule has 0 aromatic heterocycles. The fourth-order valence-corrected chi connectivity index (χ4v) is 1.52. The van der Waals surface area contributed by atoms with Gasteiger partial charge in [-0.15, -0.1) is 0 Å². The number of aliphatic hydroxyl groups excluding tert-OH is 2. The minimum atomic E-state index is -0.643. The van der Waals surface area contributed by atoms with Crippen molar-refractivity contribution in [2.24, 2.45) is 0 Å². The van der Waals surface area contributed by atoms with Gasteiger partial charge in [0, 0.05) is 0 Å². The lowest BCUT2D eigenvalue weighted by atomic mass is 10.0. The molecule has 0 fully saturated rings. The minimum absolute atomic E-state index is 0.186. The summed E-state index contributed by atoms with van der Waals surface area (Å²) in [4.78, 5) is 0. The predicted octanol–water partition coefficient (Wildman–Crippen LogP) is 1.29. The van der Waals surface area contributed by atoms with Gasteiger partial charge in [0.25, 0.3) is 0 Å². The van der Waals surface area contributed by atoms with Gasteiger partial charge in [0.15, 0.2) is 0 Å². The van der Waals surface area contributed by atoms with E-state index in [4.69, 9.17) is 9.84 Å². The summed E-state index contributed by atoms with van der Waals surface area (Å²) >= 11 is 0. The molecule has 1 aromatic rings. The summed E-state index contributed by atoms with van der Waals surface area (Å²) in [6.45, 7) is 1.83. The molecule has 3 heteroatoms. The quantitative estimate of drug-likeness (QED) is 0.770. The molecule has 0 radical (unpaired) electrons. The third kappa shape index (κ3) is 3.53. The molecule has 0 spiro atoms. The molecule has 0 aliphatic carbocycles. The summed E-state index contributed by atoms with van der Waals surface area (Å²) in [6, 6.07) is 5.96. The number of hydrogen-bond donors (Lipinski definition) is 2. The third-order valence-electron chi connectivity index (χ3n) is 2.39. The van der Waals surface area contributed by atoms with Crippen LogP contribution < -0.4 is 4.74 Å². The molecule has 1 rings (SSSR count). The molecule has 3 nitrogen and oxygen atoms in total. The van der Waals surface area contributed by atoms with E-state index >= 15 is 0 Å². The molecule has 0 heterocycles. The summed E-state index contributed by atoms with van der Waals surface area (Å²) < 4.78 is 5.22. The molecule has 0 bridgehead atoms. The Morgan fingerprint density at radius 3 is 2.73 bits per heavy atom. The van der Waals surface area contributed by atoms with E-state index < -0.39 is 6.10 Å². The number of aryl methyl sites for hydroxylation is 2. The van der Waals surface area contributed by atoms with Crippen LogP contribution in [0.25, 0.3) is 0 Å². The van der Waals surface area contributed by atoms with E-state index in [0.29, 0.717) is 12.8 Å². The molecule has 0 amide bonds. The van der Waals surface area contributed by atoms with Crippen molar-refractivity contribution in [3.8, 4) is 5.75 Å². The van der Waals surface area contributed by atoms with Gasteiger partial charge < -0.3 is 14.9 Å². The SMILES string of the molecule is COc1ccc(C)cc1CCC(O)CO. The van der Waals surface area contributed by atoms with Crippen LogP contribution >= 0.6 is 0 Å². The molecule has 0 saturated heterocycles.